The predicted octanol–water partition coefficient (Wildman–Crippen LogP) is 4.90. The Morgan fingerprint density at radius 1 is 1.15 bits per heavy atom. The van der Waals surface area contributed by atoms with Gasteiger partial charge in [-0.1, -0.05) is 23.7 Å². The van der Waals surface area contributed by atoms with Crippen LogP contribution in [0.5, 0.6) is 11.6 Å². The monoisotopic (exact) mass is 568 g/mol. The SMILES string of the molecule is COC(=O)c1cc(NC(=O)CN2C(=O)S/C(=C\c3ccc(Oc4ccc([N+](=O)[O-])cn4)cc3)C2=O)ccc1Cl. The number of thioether (sulfide) groups is 1. The molecule has 2 aromatic carbocycles. The Hall–Kier alpha value is -4.75. The number of benzene rings is 2. The summed E-state index contributed by atoms with van der Waals surface area (Å²) in [5, 5.41) is 12.8. The molecule has 0 saturated carbocycles. The van der Waals surface area contributed by atoms with Gasteiger partial charge in [0.15, 0.2) is 0 Å². The third-order valence-electron chi connectivity index (χ3n) is 5.16. The van der Waals surface area contributed by atoms with Gasteiger partial charge in [0, 0.05) is 17.8 Å². The van der Waals surface area contributed by atoms with Crippen LogP contribution in [-0.2, 0) is 14.3 Å². The van der Waals surface area contributed by atoms with Gasteiger partial charge in [0.25, 0.3) is 16.8 Å². The number of hydrogen-bond acceptors (Lipinski definition) is 10. The summed E-state index contributed by atoms with van der Waals surface area (Å²) in [6.45, 7) is -0.535. The largest absolute Gasteiger partial charge is 0.465 e. The topological polar surface area (TPSA) is 158 Å². The molecule has 3 aromatic rings. The number of nitrogens with one attached hydrogen (secondary N) is 1. The summed E-state index contributed by atoms with van der Waals surface area (Å²) < 4.78 is 10.2. The van der Waals surface area contributed by atoms with Gasteiger partial charge in [-0.3, -0.25) is 29.4 Å². The molecule has 0 aliphatic carbocycles. The van der Waals surface area contributed by atoms with Crippen LogP contribution in [-0.4, -0.2) is 51.5 Å². The van der Waals surface area contributed by atoms with Gasteiger partial charge in [-0.05, 0) is 53.7 Å². The van der Waals surface area contributed by atoms with Crippen molar-refractivity contribution >= 4 is 63.8 Å². The Bertz CT molecular complexity index is 1510. The summed E-state index contributed by atoms with van der Waals surface area (Å²) in [6.07, 6.45) is 2.58. The van der Waals surface area contributed by atoms with E-state index in [1.54, 1.807) is 24.3 Å². The quantitative estimate of drug-likeness (QED) is 0.171. The van der Waals surface area contributed by atoms with E-state index in [-0.39, 0.29) is 32.7 Å². The minimum atomic E-state index is -0.685. The van der Waals surface area contributed by atoms with Gasteiger partial charge in [0.2, 0.25) is 11.8 Å². The van der Waals surface area contributed by atoms with Crippen LogP contribution in [0, 0.1) is 10.1 Å². The smallest absolute Gasteiger partial charge is 0.339 e. The zero-order valence-corrected chi connectivity index (χ0v) is 21.5. The van der Waals surface area contributed by atoms with Crippen molar-refractivity contribution in [2.24, 2.45) is 0 Å². The van der Waals surface area contributed by atoms with Crippen molar-refractivity contribution in [3.05, 3.63) is 92.0 Å². The minimum Gasteiger partial charge on any atom is -0.465 e. The van der Waals surface area contributed by atoms with Crippen molar-refractivity contribution in [1.29, 1.82) is 0 Å². The van der Waals surface area contributed by atoms with E-state index in [1.165, 1.54) is 43.5 Å². The molecule has 3 amide bonds. The molecule has 0 unspecified atom stereocenters. The lowest BCUT2D eigenvalue weighted by atomic mass is 10.2. The Kier molecular flexibility index (Phi) is 8.22. The van der Waals surface area contributed by atoms with Crippen molar-refractivity contribution in [3.8, 4) is 11.6 Å². The van der Waals surface area contributed by atoms with Gasteiger partial charge in [-0.15, -0.1) is 0 Å². The first kappa shape index (κ1) is 27.3. The molecule has 1 aliphatic heterocycles. The number of ether oxygens (including phenoxy) is 2. The van der Waals surface area contributed by atoms with Gasteiger partial charge in [-0.25, -0.2) is 9.78 Å². The van der Waals surface area contributed by atoms with Crippen molar-refractivity contribution in [2.75, 3.05) is 19.0 Å². The summed E-state index contributed by atoms with van der Waals surface area (Å²) in [4.78, 5) is 64.5. The number of rotatable bonds is 8. The molecule has 39 heavy (non-hydrogen) atoms. The van der Waals surface area contributed by atoms with E-state index in [2.05, 4.69) is 15.0 Å². The average molecular weight is 569 g/mol. The second kappa shape index (κ2) is 11.8. The number of carbonyl (C=O) groups excluding carboxylic acids is 4. The van der Waals surface area contributed by atoms with Crippen LogP contribution in [0.15, 0.2) is 65.7 Å². The lowest BCUT2D eigenvalue weighted by Gasteiger charge is -2.13. The summed E-state index contributed by atoms with van der Waals surface area (Å²) in [6, 6.07) is 13.3. The number of anilines is 1. The van der Waals surface area contributed by atoms with E-state index in [0.29, 0.717) is 23.1 Å². The van der Waals surface area contributed by atoms with Crippen molar-refractivity contribution in [2.45, 2.75) is 0 Å². The van der Waals surface area contributed by atoms with Crippen LogP contribution >= 0.6 is 23.4 Å². The van der Waals surface area contributed by atoms with Crippen LogP contribution in [0.4, 0.5) is 16.2 Å². The van der Waals surface area contributed by atoms with Crippen molar-refractivity contribution in [1.82, 2.24) is 9.88 Å². The molecule has 0 radical (unpaired) electrons. The molecule has 1 saturated heterocycles. The number of aromatic nitrogens is 1. The number of halogens is 1. The first-order valence-electron chi connectivity index (χ1n) is 11.0. The predicted molar refractivity (Wildman–Crippen MR) is 142 cm³/mol. The van der Waals surface area contributed by atoms with Crippen LogP contribution in [0.25, 0.3) is 6.08 Å². The number of esters is 1. The molecule has 2 heterocycles. The fraction of sp³-hybridized carbons (Fsp3) is 0.0800. The van der Waals surface area contributed by atoms with E-state index >= 15 is 0 Å². The highest BCUT2D eigenvalue weighted by Gasteiger charge is 2.36. The average Bonchev–Trinajstić information content (AvgIpc) is 3.17. The van der Waals surface area contributed by atoms with E-state index in [0.717, 1.165) is 11.1 Å². The second-order valence-electron chi connectivity index (χ2n) is 7.79. The first-order chi connectivity index (χ1) is 18.6. The van der Waals surface area contributed by atoms with E-state index < -0.39 is 34.5 Å². The fourth-order valence-electron chi connectivity index (χ4n) is 3.29. The first-order valence-corrected chi connectivity index (χ1v) is 12.2. The van der Waals surface area contributed by atoms with E-state index in [9.17, 15) is 29.3 Å². The third-order valence-corrected chi connectivity index (χ3v) is 6.40. The molecule has 0 spiro atoms. The summed E-state index contributed by atoms with van der Waals surface area (Å²) in [5.41, 5.74) is 0.706. The van der Waals surface area contributed by atoms with Crippen LogP contribution in [0.1, 0.15) is 15.9 Å². The Morgan fingerprint density at radius 2 is 1.90 bits per heavy atom. The lowest BCUT2D eigenvalue weighted by molar-refractivity contribution is -0.385. The van der Waals surface area contributed by atoms with Gasteiger partial charge >= 0.3 is 5.97 Å². The van der Waals surface area contributed by atoms with E-state index in [1.807, 2.05) is 0 Å². The van der Waals surface area contributed by atoms with Gasteiger partial charge < -0.3 is 14.8 Å². The maximum absolute atomic E-state index is 12.8. The maximum Gasteiger partial charge on any atom is 0.339 e. The van der Waals surface area contributed by atoms with Gasteiger partial charge in [-0.2, -0.15) is 0 Å². The lowest BCUT2D eigenvalue weighted by Crippen LogP contribution is -2.36. The Morgan fingerprint density at radius 3 is 2.54 bits per heavy atom. The molecule has 1 aliphatic rings. The van der Waals surface area contributed by atoms with Crippen LogP contribution < -0.4 is 10.1 Å². The number of nitrogens with zero attached hydrogens (tertiary/aromatic N) is 3. The molecular formula is C25H17ClN4O8S. The van der Waals surface area contributed by atoms with Gasteiger partial charge in [0.1, 0.15) is 18.5 Å². The molecule has 14 heteroatoms. The van der Waals surface area contributed by atoms with Crippen molar-refractivity contribution in [3.63, 3.8) is 0 Å². The highest BCUT2D eigenvalue weighted by atomic mass is 35.5. The highest BCUT2D eigenvalue weighted by Crippen LogP contribution is 2.33. The maximum atomic E-state index is 12.8. The molecule has 12 nitrogen and oxygen atoms in total. The zero-order chi connectivity index (χ0) is 28.1. The molecule has 1 fully saturated rings. The molecule has 1 aromatic heterocycles. The number of amides is 3. The highest BCUT2D eigenvalue weighted by molar-refractivity contribution is 8.18. The molecule has 0 bridgehead atoms. The number of pyridine rings is 1. The number of methoxy groups -OCH3 is 1. The number of carbonyl (C=O) groups is 4. The minimum absolute atomic E-state index is 0.0477. The number of hydrogen-bond donors (Lipinski definition) is 1. The molecule has 4 rings (SSSR count). The fourth-order valence-corrected chi connectivity index (χ4v) is 4.33. The molecular weight excluding hydrogens is 552 g/mol. The Labute approximate surface area is 229 Å². The summed E-state index contributed by atoms with van der Waals surface area (Å²) in [5.74, 6) is -1.42. The molecule has 198 valence electrons. The van der Waals surface area contributed by atoms with Crippen LogP contribution in [0.3, 0.4) is 0 Å². The standard InChI is InChI=1S/C25H17ClN4O8S/c1-37-24(33)18-11-15(4-8-19(18)26)28-21(31)13-29-23(32)20(39-25(29)34)10-14-2-6-17(7-3-14)38-22-9-5-16(12-27-22)30(35)36/h2-12H,13H2,1H3,(H,28,31)/b20-10-. The van der Waals surface area contributed by atoms with Crippen LogP contribution in [0.2, 0.25) is 5.02 Å². The summed E-state index contributed by atoms with van der Waals surface area (Å²) >= 11 is 6.66. The van der Waals surface area contributed by atoms with Gasteiger partial charge in [0.05, 0.1) is 27.5 Å². The zero-order valence-electron chi connectivity index (χ0n) is 20.0. The normalized spacial score (nSPS) is 13.9. The van der Waals surface area contributed by atoms with Crippen molar-refractivity contribution < 1.29 is 33.6 Å². The van der Waals surface area contributed by atoms with E-state index in [4.69, 9.17) is 16.3 Å². The summed E-state index contributed by atoms with van der Waals surface area (Å²) in [7, 11) is 1.19. The molecule has 0 atom stereocenters. The number of imide groups is 1. The second-order valence-corrected chi connectivity index (χ2v) is 9.19. The number of nitro groups is 1. The molecule has 1 N–H and O–H groups in total. The third kappa shape index (κ3) is 6.58. The Balaban J connectivity index is 1.38.